The number of ether oxygens (including phenoxy) is 1. The van der Waals surface area contributed by atoms with E-state index in [0.717, 1.165) is 0 Å². The van der Waals surface area contributed by atoms with Crippen molar-refractivity contribution in [3.05, 3.63) is 35.1 Å². The minimum atomic E-state index is -1.47. The molecule has 0 spiro atoms. The summed E-state index contributed by atoms with van der Waals surface area (Å²) in [6.07, 6.45) is 1.16. The molecule has 1 aromatic rings. The van der Waals surface area contributed by atoms with Crippen LogP contribution in [0, 0.1) is 5.82 Å². The van der Waals surface area contributed by atoms with Gasteiger partial charge < -0.3 is 4.74 Å². The number of carbonyl (C=O) groups is 1. The fraction of sp³-hybridized carbons (Fsp3) is 0.556. The van der Waals surface area contributed by atoms with Crippen LogP contribution in [0.15, 0.2) is 22.6 Å². The van der Waals surface area contributed by atoms with E-state index in [1.165, 1.54) is 0 Å². The molecule has 4 nitrogen and oxygen atoms in total. The SMILES string of the molecule is CCOC(=O)C1(c2cccc(/C(C)=N\[S@](=O)C(C)(C)C)c2F)CC1. The Morgan fingerprint density at radius 2 is 2.00 bits per heavy atom. The van der Waals surface area contributed by atoms with Crippen molar-refractivity contribution in [3.63, 3.8) is 0 Å². The number of hydrogen-bond acceptors (Lipinski definition) is 3. The van der Waals surface area contributed by atoms with Gasteiger partial charge in [-0.05, 0) is 47.5 Å². The zero-order chi connectivity index (χ0) is 18.1. The van der Waals surface area contributed by atoms with E-state index in [4.69, 9.17) is 4.74 Å². The standard InChI is InChI=1S/C18H24FNO3S/c1-6-23-16(21)18(10-11-18)14-9-7-8-13(15(14)19)12(2)20-24(22)17(3,4)5/h7-9H,6,10-11H2,1-5H3/b20-12-/t24-/m1/s1. The van der Waals surface area contributed by atoms with Crippen molar-refractivity contribution in [2.45, 2.75) is 57.6 Å². The van der Waals surface area contributed by atoms with Crippen LogP contribution >= 0.6 is 0 Å². The van der Waals surface area contributed by atoms with Crippen molar-refractivity contribution in [1.82, 2.24) is 0 Å². The van der Waals surface area contributed by atoms with Gasteiger partial charge in [0.1, 0.15) is 16.8 Å². The molecule has 1 aliphatic rings. The molecular formula is C18H24FNO3S. The van der Waals surface area contributed by atoms with Crippen molar-refractivity contribution in [2.24, 2.45) is 4.40 Å². The summed E-state index contributed by atoms with van der Waals surface area (Å²) in [7, 11) is -1.47. The predicted molar refractivity (Wildman–Crippen MR) is 94.1 cm³/mol. The minimum absolute atomic E-state index is 0.271. The number of nitrogens with zero attached hydrogens (tertiary/aromatic N) is 1. The van der Waals surface area contributed by atoms with Crippen molar-refractivity contribution in [1.29, 1.82) is 0 Å². The summed E-state index contributed by atoms with van der Waals surface area (Å²) >= 11 is 0. The molecule has 0 aliphatic heterocycles. The Labute approximate surface area is 145 Å². The number of esters is 1. The molecule has 0 heterocycles. The summed E-state index contributed by atoms with van der Waals surface area (Å²) in [6.45, 7) is 9.08. The van der Waals surface area contributed by atoms with Gasteiger partial charge in [0, 0.05) is 11.1 Å². The first-order valence-corrected chi connectivity index (χ1v) is 9.18. The number of rotatable bonds is 5. The fourth-order valence-electron chi connectivity index (χ4n) is 2.47. The Bertz CT molecular complexity index is 703. The van der Waals surface area contributed by atoms with Crippen molar-refractivity contribution >= 4 is 22.7 Å². The number of carbonyl (C=O) groups excluding carboxylic acids is 1. The Morgan fingerprint density at radius 3 is 2.50 bits per heavy atom. The Hall–Kier alpha value is -1.56. The average molecular weight is 353 g/mol. The van der Waals surface area contributed by atoms with Crippen molar-refractivity contribution < 1.29 is 18.1 Å². The molecule has 1 saturated carbocycles. The molecule has 2 rings (SSSR count). The second-order valence-corrected chi connectivity index (χ2v) is 8.91. The molecule has 0 N–H and O–H groups in total. The zero-order valence-corrected chi connectivity index (χ0v) is 15.6. The third kappa shape index (κ3) is 3.58. The van der Waals surface area contributed by atoms with Gasteiger partial charge in [-0.15, -0.1) is 0 Å². The number of halogens is 1. The summed E-state index contributed by atoms with van der Waals surface area (Å²) in [5, 5.41) is 0. The van der Waals surface area contributed by atoms with Gasteiger partial charge in [0.2, 0.25) is 0 Å². The molecule has 0 bridgehead atoms. The minimum Gasteiger partial charge on any atom is -0.465 e. The molecule has 0 saturated heterocycles. The topological polar surface area (TPSA) is 55.7 Å². The van der Waals surface area contributed by atoms with Crippen LogP contribution in [-0.2, 0) is 25.9 Å². The van der Waals surface area contributed by atoms with E-state index in [2.05, 4.69) is 4.40 Å². The average Bonchev–Trinajstić information content (AvgIpc) is 3.28. The zero-order valence-electron chi connectivity index (χ0n) is 14.8. The summed E-state index contributed by atoms with van der Waals surface area (Å²) in [4.78, 5) is 12.2. The number of benzene rings is 1. The highest BCUT2D eigenvalue weighted by atomic mass is 32.2. The Morgan fingerprint density at radius 1 is 1.38 bits per heavy atom. The monoisotopic (exact) mass is 353 g/mol. The van der Waals surface area contributed by atoms with Crippen molar-refractivity contribution in [2.75, 3.05) is 6.61 Å². The van der Waals surface area contributed by atoms with Crippen LogP contribution < -0.4 is 0 Å². The first-order valence-electron chi connectivity index (χ1n) is 8.07. The first-order chi connectivity index (χ1) is 11.1. The van der Waals surface area contributed by atoms with Gasteiger partial charge in [-0.1, -0.05) is 18.2 Å². The highest BCUT2D eigenvalue weighted by Gasteiger charge is 2.54. The molecule has 132 valence electrons. The third-order valence-electron chi connectivity index (χ3n) is 4.06. The van der Waals surface area contributed by atoms with Gasteiger partial charge in [0.25, 0.3) is 0 Å². The summed E-state index contributed by atoms with van der Waals surface area (Å²) in [5.41, 5.74) is 0.108. The van der Waals surface area contributed by atoms with Crippen LogP contribution in [-0.4, -0.2) is 27.2 Å². The fourth-order valence-corrected chi connectivity index (χ4v) is 3.09. The number of hydrogen-bond donors (Lipinski definition) is 0. The summed E-state index contributed by atoms with van der Waals surface area (Å²) < 4.78 is 35.9. The second-order valence-electron chi connectivity index (χ2n) is 7.01. The molecule has 24 heavy (non-hydrogen) atoms. The second kappa shape index (κ2) is 6.75. The maximum Gasteiger partial charge on any atom is 0.316 e. The molecule has 1 atom stereocenters. The van der Waals surface area contributed by atoms with Crippen LogP contribution in [0.1, 0.15) is 58.6 Å². The van der Waals surface area contributed by atoms with E-state index in [-0.39, 0.29) is 18.1 Å². The maximum absolute atomic E-state index is 15.0. The van der Waals surface area contributed by atoms with E-state index in [1.807, 2.05) is 20.8 Å². The van der Waals surface area contributed by atoms with Crippen LogP contribution in [0.4, 0.5) is 4.39 Å². The molecule has 1 aromatic carbocycles. The summed E-state index contributed by atoms with van der Waals surface area (Å²) in [5.74, 6) is -0.857. The van der Waals surface area contributed by atoms with Crippen LogP contribution in [0.25, 0.3) is 0 Å². The Kier molecular flexibility index (Phi) is 5.28. The van der Waals surface area contributed by atoms with Gasteiger partial charge in [-0.25, -0.2) is 8.60 Å². The van der Waals surface area contributed by atoms with Gasteiger partial charge in [-0.2, -0.15) is 4.40 Å². The molecule has 0 radical (unpaired) electrons. The molecule has 1 aliphatic carbocycles. The predicted octanol–water partition coefficient (Wildman–Crippen LogP) is 3.69. The third-order valence-corrected chi connectivity index (χ3v) is 5.55. The lowest BCUT2D eigenvalue weighted by molar-refractivity contribution is -0.146. The largest absolute Gasteiger partial charge is 0.465 e. The van der Waals surface area contributed by atoms with Gasteiger partial charge >= 0.3 is 5.97 Å². The van der Waals surface area contributed by atoms with E-state index >= 15 is 4.39 Å². The molecular weight excluding hydrogens is 329 g/mol. The molecule has 0 aromatic heterocycles. The summed E-state index contributed by atoms with van der Waals surface area (Å²) in [6, 6.07) is 4.92. The van der Waals surface area contributed by atoms with Gasteiger partial charge in [-0.3, -0.25) is 4.79 Å². The lowest BCUT2D eigenvalue weighted by Gasteiger charge is -2.17. The van der Waals surface area contributed by atoms with E-state index in [9.17, 15) is 9.00 Å². The molecule has 1 fully saturated rings. The quantitative estimate of drug-likeness (QED) is 0.599. The van der Waals surface area contributed by atoms with E-state index in [0.29, 0.717) is 24.1 Å². The van der Waals surface area contributed by atoms with Crippen LogP contribution in [0.5, 0.6) is 0 Å². The molecule has 6 heteroatoms. The van der Waals surface area contributed by atoms with E-state index < -0.39 is 27.0 Å². The lowest BCUT2D eigenvalue weighted by atomic mass is 9.92. The smallest absolute Gasteiger partial charge is 0.316 e. The van der Waals surface area contributed by atoms with E-state index in [1.54, 1.807) is 32.0 Å². The van der Waals surface area contributed by atoms with Gasteiger partial charge in [0.05, 0.1) is 22.5 Å². The van der Waals surface area contributed by atoms with Gasteiger partial charge in [0.15, 0.2) is 0 Å². The molecule has 0 unspecified atom stereocenters. The lowest BCUT2D eigenvalue weighted by Crippen LogP contribution is -2.25. The highest BCUT2D eigenvalue weighted by molar-refractivity contribution is 7.85. The molecule has 0 amide bonds. The normalized spacial score (nSPS) is 18.2. The van der Waals surface area contributed by atoms with Crippen LogP contribution in [0.3, 0.4) is 0 Å². The first kappa shape index (κ1) is 18.8. The highest BCUT2D eigenvalue weighted by Crippen LogP contribution is 2.50. The Balaban J connectivity index is 2.41. The maximum atomic E-state index is 15.0. The van der Waals surface area contributed by atoms with Crippen molar-refractivity contribution in [3.8, 4) is 0 Å². The van der Waals surface area contributed by atoms with Crippen LogP contribution in [0.2, 0.25) is 0 Å².